The maximum atomic E-state index is 12.6. The molecule has 1 heterocycles. The summed E-state index contributed by atoms with van der Waals surface area (Å²) in [6.07, 6.45) is 3.19. The molecule has 4 rings (SSSR count). The lowest BCUT2D eigenvalue weighted by molar-refractivity contribution is 0.0317. The first-order chi connectivity index (χ1) is 15.0. The number of nitrogens with two attached hydrogens (primary N) is 1. The van der Waals surface area contributed by atoms with Crippen molar-refractivity contribution in [1.29, 1.82) is 0 Å². The molecule has 0 spiro atoms. The highest BCUT2D eigenvalue weighted by atomic mass is 16.5. The average molecular weight is 424 g/mol. The largest absolute Gasteiger partial charge is 0.496 e. The Morgan fingerprint density at radius 1 is 1.06 bits per heavy atom. The summed E-state index contributed by atoms with van der Waals surface area (Å²) in [4.78, 5) is 24.4. The Labute approximate surface area is 179 Å². The predicted octanol–water partition coefficient (Wildman–Crippen LogP) is 2.83. The Morgan fingerprint density at radius 3 is 2.48 bits per heavy atom. The fourth-order valence-corrected chi connectivity index (χ4v) is 3.83. The lowest BCUT2D eigenvalue weighted by Crippen LogP contribution is -2.22. The molecule has 0 aliphatic heterocycles. The Balaban J connectivity index is 1.66. The van der Waals surface area contributed by atoms with Gasteiger partial charge >= 0.3 is 11.9 Å². The number of nitrogens with zero attached hydrogens (tertiary/aromatic N) is 3. The summed E-state index contributed by atoms with van der Waals surface area (Å²) >= 11 is 0. The number of fused-ring (bicyclic) bond motifs is 1. The van der Waals surface area contributed by atoms with Gasteiger partial charge in [0.05, 0.1) is 30.9 Å². The maximum absolute atomic E-state index is 12.6. The van der Waals surface area contributed by atoms with Gasteiger partial charge in [-0.25, -0.2) is 14.3 Å². The zero-order valence-corrected chi connectivity index (χ0v) is 17.4. The van der Waals surface area contributed by atoms with E-state index in [0.29, 0.717) is 33.5 Å². The summed E-state index contributed by atoms with van der Waals surface area (Å²) in [6, 6.07) is 9.92. The van der Waals surface area contributed by atoms with Crippen molar-refractivity contribution in [3.8, 4) is 5.75 Å². The van der Waals surface area contributed by atoms with Gasteiger partial charge in [0.2, 0.25) is 0 Å². The van der Waals surface area contributed by atoms with E-state index in [0.717, 1.165) is 25.7 Å². The molecule has 1 unspecified atom stereocenters. The first kappa shape index (κ1) is 20.8. The molecule has 9 nitrogen and oxygen atoms in total. The minimum atomic E-state index is -0.757. The molecule has 9 heteroatoms. The number of methoxy groups -OCH3 is 2. The first-order valence-corrected chi connectivity index (χ1v) is 10.1. The standard InChI is InChI=1S/C22H24N4O5/c1-29-19-12-14(21(27)30-2)7-9-16(19)20(23)26-18-11-13(8-10-17(18)24-25-26)22(28)31-15-5-3-4-6-15/h7-12,15,20H,3-6,23H2,1-2H3. The monoisotopic (exact) mass is 424 g/mol. The van der Waals surface area contributed by atoms with Crippen LogP contribution in [0.25, 0.3) is 11.0 Å². The van der Waals surface area contributed by atoms with Gasteiger partial charge in [-0.1, -0.05) is 11.3 Å². The molecule has 0 saturated heterocycles. The molecule has 1 aliphatic rings. The van der Waals surface area contributed by atoms with E-state index >= 15 is 0 Å². The van der Waals surface area contributed by atoms with Crippen LogP contribution in [0.1, 0.15) is 58.1 Å². The van der Waals surface area contributed by atoms with Crippen molar-refractivity contribution in [3.63, 3.8) is 0 Å². The molecule has 0 radical (unpaired) electrons. The molecular formula is C22H24N4O5. The molecule has 2 aromatic carbocycles. The molecular weight excluding hydrogens is 400 g/mol. The Hall–Kier alpha value is -3.46. The normalized spacial score (nSPS) is 15.1. The van der Waals surface area contributed by atoms with E-state index in [1.165, 1.54) is 18.9 Å². The molecule has 1 saturated carbocycles. The van der Waals surface area contributed by atoms with Gasteiger partial charge in [0, 0.05) is 5.56 Å². The number of rotatable bonds is 6. The molecule has 1 atom stereocenters. The minimum absolute atomic E-state index is 0.0222. The van der Waals surface area contributed by atoms with Crippen LogP contribution in [0.15, 0.2) is 36.4 Å². The fourth-order valence-electron chi connectivity index (χ4n) is 3.83. The van der Waals surface area contributed by atoms with E-state index < -0.39 is 12.1 Å². The second-order valence-electron chi connectivity index (χ2n) is 7.44. The van der Waals surface area contributed by atoms with E-state index in [-0.39, 0.29) is 12.1 Å². The van der Waals surface area contributed by atoms with Gasteiger partial charge in [0.1, 0.15) is 23.5 Å². The van der Waals surface area contributed by atoms with Crippen molar-refractivity contribution >= 4 is 23.0 Å². The van der Waals surface area contributed by atoms with Crippen molar-refractivity contribution in [2.75, 3.05) is 14.2 Å². The second-order valence-corrected chi connectivity index (χ2v) is 7.44. The van der Waals surface area contributed by atoms with Crippen molar-refractivity contribution < 1.29 is 23.8 Å². The SMILES string of the molecule is COC(=O)c1ccc(C(N)n2nnc3ccc(C(=O)OC4CCCC4)cc32)c(OC)c1. The average Bonchev–Trinajstić information content (AvgIpc) is 3.46. The van der Waals surface area contributed by atoms with Gasteiger partial charge in [-0.3, -0.25) is 0 Å². The van der Waals surface area contributed by atoms with E-state index in [2.05, 4.69) is 10.3 Å². The highest BCUT2D eigenvalue weighted by Gasteiger charge is 2.23. The van der Waals surface area contributed by atoms with Crippen molar-refractivity contribution in [1.82, 2.24) is 15.0 Å². The van der Waals surface area contributed by atoms with Crippen LogP contribution in [0.4, 0.5) is 0 Å². The molecule has 0 amide bonds. The van der Waals surface area contributed by atoms with Crippen LogP contribution in [0.5, 0.6) is 5.75 Å². The Bertz CT molecular complexity index is 1120. The summed E-state index contributed by atoms with van der Waals surface area (Å²) in [5, 5.41) is 8.32. The van der Waals surface area contributed by atoms with Crippen LogP contribution in [-0.2, 0) is 9.47 Å². The smallest absolute Gasteiger partial charge is 0.338 e. The van der Waals surface area contributed by atoms with Crippen LogP contribution >= 0.6 is 0 Å². The van der Waals surface area contributed by atoms with Crippen LogP contribution in [-0.4, -0.2) is 47.3 Å². The molecule has 31 heavy (non-hydrogen) atoms. The third-order valence-corrected chi connectivity index (χ3v) is 5.52. The van der Waals surface area contributed by atoms with Crippen molar-refractivity contribution in [2.24, 2.45) is 5.73 Å². The maximum Gasteiger partial charge on any atom is 0.338 e. The number of esters is 2. The van der Waals surface area contributed by atoms with E-state index in [1.54, 1.807) is 36.4 Å². The van der Waals surface area contributed by atoms with Gasteiger partial charge in [-0.2, -0.15) is 0 Å². The number of carbonyl (C=O) groups is 2. The van der Waals surface area contributed by atoms with Gasteiger partial charge in [-0.15, -0.1) is 5.10 Å². The predicted molar refractivity (Wildman–Crippen MR) is 112 cm³/mol. The lowest BCUT2D eigenvalue weighted by Gasteiger charge is -2.17. The molecule has 1 aromatic heterocycles. The minimum Gasteiger partial charge on any atom is -0.496 e. The third kappa shape index (κ3) is 4.09. The lowest BCUT2D eigenvalue weighted by atomic mass is 10.1. The van der Waals surface area contributed by atoms with Crippen LogP contribution in [0, 0.1) is 0 Å². The molecule has 1 fully saturated rings. The van der Waals surface area contributed by atoms with Gasteiger partial charge in [0.25, 0.3) is 0 Å². The van der Waals surface area contributed by atoms with Crippen LogP contribution < -0.4 is 10.5 Å². The van der Waals surface area contributed by atoms with E-state index in [4.69, 9.17) is 19.9 Å². The van der Waals surface area contributed by atoms with E-state index in [1.807, 2.05) is 0 Å². The third-order valence-electron chi connectivity index (χ3n) is 5.52. The highest BCUT2D eigenvalue weighted by molar-refractivity contribution is 5.93. The molecule has 0 bridgehead atoms. The Morgan fingerprint density at radius 2 is 1.77 bits per heavy atom. The summed E-state index contributed by atoms with van der Waals surface area (Å²) in [5.41, 5.74) is 9.01. The summed E-state index contributed by atoms with van der Waals surface area (Å²) in [5.74, 6) is -0.430. The summed E-state index contributed by atoms with van der Waals surface area (Å²) in [6.45, 7) is 0. The zero-order valence-electron chi connectivity index (χ0n) is 17.4. The first-order valence-electron chi connectivity index (χ1n) is 10.1. The molecule has 2 N–H and O–H groups in total. The number of hydrogen-bond acceptors (Lipinski definition) is 8. The summed E-state index contributed by atoms with van der Waals surface area (Å²) in [7, 11) is 2.80. The van der Waals surface area contributed by atoms with Gasteiger partial charge in [-0.05, 0) is 56.0 Å². The number of aromatic nitrogens is 3. The van der Waals surface area contributed by atoms with Crippen molar-refractivity contribution in [3.05, 3.63) is 53.1 Å². The van der Waals surface area contributed by atoms with Crippen LogP contribution in [0.2, 0.25) is 0 Å². The van der Waals surface area contributed by atoms with Crippen molar-refractivity contribution in [2.45, 2.75) is 38.0 Å². The summed E-state index contributed by atoms with van der Waals surface area (Å²) < 4.78 is 17.3. The van der Waals surface area contributed by atoms with E-state index in [9.17, 15) is 9.59 Å². The molecule has 3 aromatic rings. The topological polar surface area (TPSA) is 119 Å². The quantitative estimate of drug-likeness (QED) is 0.600. The number of benzene rings is 2. The number of carbonyl (C=O) groups excluding carboxylic acids is 2. The molecule has 1 aliphatic carbocycles. The molecule has 162 valence electrons. The highest BCUT2D eigenvalue weighted by Crippen LogP contribution is 2.29. The zero-order chi connectivity index (χ0) is 22.0. The van der Waals surface area contributed by atoms with Gasteiger partial charge < -0.3 is 19.9 Å². The fraction of sp³-hybridized carbons (Fsp3) is 0.364. The number of ether oxygens (including phenoxy) is 3. The Kier molecular flexibility index (Phi) is 5.85. The van der Waals surface area contributed by atoms with Gasteiger partial charge in [0.15, 0.2) is 0 Å². The number of hydrogen-bond donors (Lipinski definition) is 1. The van der Waals surface area contributed by atoms with Crippen LogP contribution in [0.3, 0.4) is 0 Å². The second kappa shape index (κ2) is 8.73.